The van der Waals surface area contributed by atoms with Crippen molar-refractivity contribution in [3.05, 3.63) is 53.9 Å². The Labute approximate surface area is 188 Å². The van der Waals surface area contributed by atoms with Crippen molar-refractivity contribution in [1.29, 1.82) is 0 Å². The molecular weight excluding hydrogens is 408 g/mol. The monoisotopic (exact) mass is 438 g/mol. The third-order valence-corrected chi connectivity index (χ3v) is 4.69. The summed E-state index contributed by atoms with van der Waals surface area (Å²) in [6, 6.07) is 10.8. The predicted molar refractivity (Wildman–Crippen MR) is 123 cm³/mol. The molecule has 170 valence electrons. The van der Waals surface area contributed by atoms with Gasteiger partial charge in [0.15, 0.2) is 11.5 Å². The molecule has 0 saturated heterocycles. The number of amides is 1. The van der Waals surface area contributed by atoms with Crippen LogP contribution in [0.15, 0.2) is 42.6 Å². The van der Waals surface area contributed by atoms with Gasteiger partial charge in [0.1, 0.15) is 0 Å². The lowest BCUT2D eigenvalue weighted by atomic mass is 10.1. The van der Waals surface area contributed by atoms with Crippen LogP contribution < -0.4 is 19.5 Å². The van der Waals surface area contributed by atoms with Crippen LogP contribution in [0, 0.1) is 0 Å². The van der Waals surface area contributed by atoms with Crippen LogP contribution in [0.5, 0.6) is 17.2 Å². The lowest BCUT2D eigenvalue weighted by Gasteiger charge is -2.17. The highest BCUT2D eigenvalue weighted by molar-refractivity contribution is 6.05. The van der Waals surface area contributed by atoms with E-state index in [0.717, 1.165) is 11.4 Å². The van der Waals surface area contributed by atoms with Crippen molar-refractivity contribution in [2.45, 2.75) is 40.5 Å². The molecule has 8 heteroatoms. The van der Waals surface area contributed by atoms with Gasteiger partial charge in [-0.2, -0.15) is 0 Å². The molecule has 0 aliphatic heterocycles. The number of hydrogen-bond acceptors (Lipinski definition) is 6. The van der Waals surface area contributed by atoms with Crippen LogP contribution in [-0.4, -0.2) is 40.7 Å². The second-order valence-corrected chi connectivity index (χ2v) is 7.33. The van der Waals surface area contributed by atoms with Gasteiger partial charge in [-0.3, -0.25) is 4.79 Å². The van der Waals surface area contributed by atoms with Gasteiger partial charge >= 0.3 is 0 Å². The summed E-state index contributed by atoms with van der Waals surface area (Å²) in [6.45, 7) is 11.1. The van der Waals surface area contributed by atoms with Crippen molar-refractivity contribution < 1.29 is 19.0 Å². The van der Waals surface area contributed by atoms with E-state index in [4.69, 9.17) is 14.2 Å². The minimum Gasteiger partial charge on any atom is -0.490 e. The van der Waals surface area contributed by atoms with Crippen LogP contribution in [0.2, 0.25) is 0 Å². The SMILES string of the molecule is CCOc1cc(C(=O)Nc2cccc(-n3nncc3C(C)C)c2)cc(OCC)c1OCC. The molecular formula is C24H30N4O4. The first-order valence-corrected chi connectivity index (χ1v) is 10.9. The van der Waals surface area contributed by atoms with E-state index in [9.17, 15) is 4.79 Å². The van der Waals surface area contributed by atoms with Gasteiger partial charge < -0.3 is 19.5 Å². The van der Waals surface area contributed by atoms with Crippen LogP contribution in [0.4, 0.5) is 5.69 Å². The van der Waals surface area contributed by atoms with Crippen molar-refractivity contribution in [3.8, 4) is 22.9 Å². The van der Waals surface area contributed by atoms with Crippen molar-refractivity contribution >= 4 is 11.6 Å². The van der Waals surface area contributed by atoms with Crippen LogP contribution in [0.25, 0.3) is 5.69 Å². The molecule has 2 aromatic carbocycles. The molecule has 0 aliphatic carbocycles. The molecule has 1 aromatic heterocycles. The lowest BCUT2D eigenvalue weighted by Crippen LogP contribution is -2.14. The second kappa shape index (κ2) is 10.7. The standard InChI is InChI=1S/C24H30N4O4/c1-6-30-21-12-17(13-22(31-7-2)23(21)32-8-3)24(29)26-18-10-9-11-19(14-18)28-20(16(4)5)15-25-27-28/h9-16H,6-8H2,1-5H3,(H,26,29). The van der Waals surface area contributed by atoms with Crippen molar-refractivity contribution in [1.82, 2.24) is 15.0 Å². The third-order valence-electron chi connectivity index (χ3n) is 4.69. The number of anilines is 1. The van der Waals surface area contributed by atoms with Gasteiger partial charge in [0, 0.05) is 11.3 Å². The fourth-order valence-electron chi connectivity index (χ4n) is 3.28. The zero-order valence-electron chi connectivity index (χ0n) is 19.2. The first-order chi connectivity index (χ1) is 15.5. The number of hydrogen-bond donors (Lipinski definition) is 1. The lowest BCUT2D eigenvalue weighted by molar-refractivity contribution is 0.102. The van der Waals surface area contributed by atoms with E-state index in [0.29, 0.717) is 48.3 Å². The van der Waals surface area contributed by atoms with Crippen LogP contribution in [0.1, 0.15) is 56.6 Å². The van der Waals surface area contributed by atoms with Gasteiger partial charge in [-0.15, -0.1) is 5.10 Å². The maximum atomic E-state index is 13.1. The summed E-state index contributed by atoms with van der Waals surface area (Å²) in [5, 5.41) is 11.2. The quantitative estimate of drug-likeness (QED) is 0.487. The van der Waals surface area contributed by atoms with Crippen LogP contribution in [-0.2, 0) is 0 Å². The number of carbonyl (C=O) groups is 1. The Morgan fingerprint density at radius 2 is 1.66 bits per heavy atom. The van der Waals surface area contributed by atoms with Crippen LogP contribution >= 0.6 is 0 Å². The van der Waals surface area contributed by atoms with Crippen molar-refractivity contribution in [2.24, 2.45) is 0 Å². The minimum absolute atomic E-state index is 0.265. The minimum atomic E-state index is -0.283. The summed E-state index contributed by atoms with van der Waals surface area (Å²) in [4.78, 5) is 13.1. The number of benzene rings is 2. The number of carbonyl (C=O) groups excluding carboxylic acids is 1. The topological polar surface area (TPSA) is 87.5 Å². The molecule has 1 amide bonds. The summed E-state index contributed by atoms with van der Waals surface area (Å²) >= 11 is 0. The summed E-state index contributed by atoms with van der Waals surface area (Å²) in [6.07, 6.45) is 1.75. The van der Waals surface area contributed by atoms with E-state index in [1.165, 1.54) is 0 Å². The number of rotatable bonds is 10. The maximum absolute atomic E-state index is 13.1. The number of aromatic nitrogens is 3. The first-order valence-electron chi connectivity index (χ1n) is 10.9. The molecule has 0 saturated carbocycles. The Balaban J connectivity index is 1.91. The summed E-state index contributed by atoms with van der Waals surface area (Å²) in [7, 11) is 0. The van der Waals surface area contributed by atoms with Gasteiger partial charge in [0.05, 0.1) is 37.4 Å². The van der Waals surface area contributed by atoms with Crippen molar-refractivity contribution in [3.63, 3.8) is 0 Å². The number of nitrogens with one attached hydrogen (secondary N) is 1. The van der Waals surface area contributed by atoms with Gasteiger partial charge in [-0.05, 0) is 57.0 Å². The molecule has 32 heavy (non-hydrogen) atoms. The normalized spacial score (nSPS) is 10.8. The highest BCUT2D eigenvalue weighted by atomic mass is 16.5. The van der Waals surface area contributed by atoms with Crippen molar-refractivity contribution in [2.75, 3.05) is 25.1 Å². The Bertz CT molecular complexity index is 1030. The molecule has 0 bridgehead atoms. The molecule has 3 aromatic rings. The molecule has 0 atom stereocenters. The third kappa shape index (κ3) is 5.19. The Morgan fingerprint density at radius 1 is 1.00 bits per heavy atom. The Kier molecular flexibility index (Phi) is 7.70. The van der Waals surface area contributed by atoms with Gasteiger partial charge in [-0.25, -0.2) is 4.68 Å². The van der Waals surface area contributed by atoms with Gasteiger partial charge in [0.2, 0.25) is 5.75 Å². The number of ether oxygens (including phenoxy) is 3. The summed E-state index contributed by atoms with van der Waals surface area (Å²) in [5.74, 6) is 1.43. The van der Waals surface area contributed by atoms with Crippen LogP contribution in [0.3, 0.4) is 0 Å². The smallest absolute Gasteiger partial charge is 0.255 e. The Morgan fingerprint density at radius 3 is 2.25 bits per heavy atom. The molecule has 0 radical (unpaired) electrons. The maximum Gasteiger partial charge on any atom is 0.255 e. The van der Waals surface area contributed by atoms with E-state index in [1.54, 1.807) is 23.0 Å². The molecule has 1 N–H and O–H groups in total. The molecule has 0 aliphatic rings. The molecule has 8 nitrogen and oxygen atoms in total. The predicted octanol–water partition coefficient (Wildman–Crippen LogP) is 4.84. The molecule has 0 unspecified atom stereocenters. The average molecular weight is 439 g/mol. The average Bonchev–Trinajstić information content (AvgIpc) is 3.27. The molecule has 3 rings (SSSR count). The molecule has 0 fully saturated rings. The van der Waals surface area contributed by atoms with E-state index in [-0.39, 0.29) is 11.8 Å². The highest BCUT2D eigenvalue weighted by Crippen LogP contribution is 2.39. The van der Waals surface area contributed by atoms with E-state index in [1.807, 2.05) is 45.0 Å². The van der Waals surface area contributed by atoms with E-state index in [2.05, 4.69) is 29.5 Å². The number of nitrogens with zero attached hydrogens (tertiary/aromatic N) is 3. The fraction of sp³-hybridized carbons (Fsp3) is 0.375. The second-order valence-electron chi connectivity index (χ2n) is 7.33. The fourth-order valence-corrected chi connectivity index (χ4v) is 3.28. The van der Waals surface area contributed by atoms with Gasteiger partial charge in [0.25, 0.3) is 5.91 Å². The zero-order valence-corrected chi connectivity index (χ0v) is 19.2. The van der Waals surface area contributed by atoms with E-state index >= 15 is 0 Å². The zero-order chi connectivity index (χ0) is 23.1. The molecule has 0 spiro atoms. The summed E-state index contributed by atoms with van der Waals surface area (Å²) in [5.41, 5.74) is 2.86. The molecule has 1 heterocycles. The van der Waals surface area contributed by atoms with E-state index < -0.39 is 0 Å². The van der Waals surface area contributed by atoms with Gasteiger partial charge in [-0.1, -0.05) is 25.1 Å². The Hall–Kier alpha value is -3.55. The first kappa shape index (κ1) is 23.1. The summed E-state index contributed by atoms with van der Waals surface area (Å²) < 4.78 is 18.9. The highest BCUT2D eigenvalue weighted by Gasteiger charge is 2.19. The largest absolute Gasteiger partial charge is 0.490 e.